The van der Waals surface area contributed by atoms with Crippen LogP contribution in [0.3, 0.4) is 0 Å². The fourth-order valence-corrected chi connectivity index (χ4v) is 2.65. The number of hydrogen-bond acceptors (Lipinski definition) is 1. The van der Waals surface area contributed by atoms with Crippen molar-refractivity contribution in [2.75, 3.05) is 0 Å². The van der Waals surface area contributed by atoms with E-state index in [1.54, 1.807) is 0 Å². The van der Waals surface area contributed by atoms with Crippen LogP contribution in [0.5, 0.6) is 0 Å². The third kappa shape index (κ3) is 3.51. The van der Waals surface area contributed by atoms with Gasteiger partial charge >= 0.3 is 0 Å². The summed E-state index contributed by atoms with van der Waals surface area (Å²) in [6.45, 7) is 6.38. The van der Waals surface area contributed by atoms with Crippen molar-refractivity contribution < 1.29 is 0 Å². The van der Waals surface area contributed by atoms with E-state index in [9.17, 15) is 0 Å². The fourth-order valence-electron chi connectivity index (χ4n) is 1.74. The molecule has 0 saturated heterocycles. The summed E-state index contributed by atoms with van der Waals surface area (Å²) in [6.07, 6.45) is 2.23. The average Bonchev–Trinajstić information content (AvgIpc) is 2.34. The zero-order valence-electron chi connectivity index (χ0n) is 11.1. The van der Waals surface area contributed by atoms with Gasteiger partial charge in [-0.05, 0) is 44.5 Å². The van der Waals surface area contributed by atoms with Gasteiger partial charge in [-0.1, -0.05) is 59.3 Å². The van der Waals surface area contributed by atoms with Crippen molar-refractivity contribution in [3.8, 4) is 0 Å². The first-order chi connectivity index (χ1) is 8.65. The molecule has 1 heteroatoms. The predicted octanol–water partition coefficient (Wildman–Crippen LogP) is 5.57. The summed E-state index contributed by atoms with van der Waals surface area (Å²) >= 11 is 1.82. The minimum atomic E-state index is 1.29. The van der Waals surface area contributed by atoms with Crippen molar-refractivity contribution in [1.82, 2.24) is 0 Å². The van der Waals surface area contributed by atoms with Gasteiger partial charge in [-0.25, -0.2) is 0 Å². The molecule has 92 valence electrons. The van der Waals surface area contributed by atoms with Gasteiger partial charge in [-0.3, -0.25) is 0 Å². The molecular formula is C17H18S. The molecule has 0 aromatic heterocycles. The van der Waals surface area contributed by atoms with Gasteiger partial charge in [0.2, 0.25) is 0 Å². The van der Waals surface area contributed by atoms with E-state index in [4.69, 9.17) is 0 Å². The summed E-state index contributed by atoms with van der Waals surface area (Å²) in [5.74, 6) is 0. The van der Waals surface area contributed by atoms with Crippen molar-refractivity contribution in [2.45, 2.75) is 30.6 Å². The predicted molar refractivity (Wildman–Crippen MR) is 81.1 cm³/mol. The van der Waals surface area contributed by atoms with Crippen molar-refractivity contribution in [3.63, 3.8) is 0 Å². The normalized spacial score (nSPS) is 10.2. The quantitative estimate of drug-likeness (QED) is 0.690. The molecule has 2 aromatic rings. The van der Waals surface area contributed by atoms with Crippen LogP contribution in [0.15, 0.2) is 63.9 Å². The van der Waals surface area contributed by atoms with E-state index in [0.29, 0.717) is 0 Å². The van der Waals surface area contributed by atoms with Gasteiger partial charge < -0.3 is 0 Å². The number of hydrogen-bond donors (Lipinski definition) is 0. The summed E-state index contributed by atoms with van der Waals surface area (Å²) in [5.41, 5.74) is 3.92. The van der Waals surface area contributed by atoms with Crippen LogP contribution in [0, 0.1) is 6.92 Å². The minimum absolute atomic E-state index is 1.29. The Morgan fingerprint density at radius 1 is 0.944 bits per heavy atom. The van der Waals surface area contributed by atoms with Gasteiger partial charge in [0.1, 0.15) is 0 Å². The molecule has 0 amide bonds. The number of benzene rings is 2. The molecule has 0 bridgehead atoms. The first-order valence-electron chi connectivity index (χ1n) is 6.13. The molecule has 0 N–H and O–H groups in total. The SMILES string of the molecule is CC(C)=Cc1ccccc1Sc1ccc(C)cc1. The van der Waals surface area contributed by atoms with Crippen molar-refractivity contribution in [1.29, 1.82) is 0 Å². The topological polar surface area (TPSA) is 0 Å². The largest absolute Gasteiger partial charge is 0.0895 e. The highest BCUT2D eigenvalue weighted by atomic mass is 32.2. The van der Waals surface area contributed by atoms with Gasteiger partial charge in [-0.2, -0.15) is 0 Å². The standard InChI is InChI=1S/C17H18S/c1-13(2)12-15-6-4-5-7-17(15)18-16-10-8-14(3)9-11-16/h4-12H,1-3H3. The summed E-state index contributed by atoms with van der Waals surface area (Å²) < 4.78 is 0. The highest BCUT2D eigenvalue weighted by Gasteiger charge is 2.01. The van der Waals surface area contributed by atoms with E-state index < -0.39 is 0 Å². The van der Waals surface area contributed by atoms with Crippen LogP contribution < -0.4 is 0 Å². The van der Waals surface area contributed by atoms with E-state index in [1.807, 2.05) is 11.8 Å². The van der Waals surface area contributed by atoms with Crippen LogP contribution >= 0.6 is 11.8 Å². The maximum absolute atomic E-state index is 2.23. The van der Waals surface area contributed by atoms with Crippen molar-refractivity contribution in [3.05, 3.63) is 65.2 Å². The summed E-state index contributed by atoms with van der Waals surface area (Å²) in [4.78, 5) is 2.60. The van der Waals surface area contributed by atoms with E-state index in [-0.39, 0.29) is 0 Å². The van der Waals surface area contributed by atoms with E-state index in [0.717, 1.165) is 0 Å². The van der Waals surface area contributed by atoms with Gasteiger partial charge in [-0.15, -0.1) is 0 Å². The molecule has 0 nitrogen and oxygen atoms in total. The lowest BCUT2D eigenvalue weighted by atomic mass is 10.1. The molecule has 18 heavy (non-hydrogen) atoms. The second kappa shape index (κ2) is 5.92. The van der Waals surface area contributed by atoms with Crippen molar-refractivity contribution in [2.24, 2.45) is 0 Å². The second-order valence-electron chi connectivity index (χ2n) is 4.67. The highest BCUT2D eigenvalue weighted by Crippen LogP contribution is 2.31. The zero-order chi connectivity index (χ0) is 13.0. The summed E-state index contributed by atoms with van der Waals surface area (Å²) in [5, 5.41) is 0. The maximum Gasteiger partial charge on any atom is 0.0194 e. The first kappa shape index (κ1) is 13.0. The Labute approximate surface area is 114 Å². The molecule has 0 radical (unpaired) electrons. The van der Waals surface area contributed by atoms with Gasteiger partial charge in [0.05, 0.1) is 0 Å². The number of rotatable bonds is 3. The van der Waals surface area contributed by atoms with Crippen molar-refractivity contribution >= 4 is 17.8 Å². The third-order valence-corrected chi connectivity index (χ3v) is 3.71. The molecule has 0 aliphatic heterocycles. The van der Waals surface area contributed by atoms with Crippen LogP contribution in [0.25, 0.3) is 6.08 Å². The fraction of sp³-hybridized carbons (Fsp3) is 0.176. The van der Waals surface area contributed by atoms with E-state index in [2.05, 4.69) is 75.4 Å². The Morgan fingerprint density at radius 3 is 2.28 bits per heavy atom. The Balaban J connectivity index is 2.29. The molecule has 0 saturated carbocycles. The van der Waals surface area contributed by atoms with Crippen LogP contribution in [0.1, 0.15) is 25.0 Å². The molecule has 0 aliphatic rings. The molecule has 2 rings (SSSR count). The molecule has 0 unspecified atom stereocenters. The molecule has 0 atom stereocenters. The summed E-state index contributed by atoms with van der Waals surface area (Å²) in [7, 11) is 0. The van der Waals surface area contributed by atoms with Crippen LogP contribution in [0.2, 0.25) is 0 Å². The maximum atomic E-state index is 2.23. The van der Waals surface area contributed by atoms with Crippen LogP contribution in [0.4, 0.5) is 0 Å². The molecule has 0 fully saturated rings. The lowest BCUT2D eigenvalue weighted by Gasteiger charge is -2.06. The van der Waals surface area contributed by atoms with Gasteiger partial charge in [0, 0.05) is 9.79 Å². The lowest BCUT2D eigenvalue weighted by molar-refractivity contribution is 1.34. The monoisotopic (exact) mass is 254 g/mol. The first-order valence-corrected chi connectivity index (χ1v) is 6.95. The van der Waals surface area contributed by atoms with Crippen LogP contribution in [-0.4, -0.2) is 0 Å². The van der Waals surface area contributed by atoms with Gasteiger partial charge in [0.15, 0.2) is 0 Å². The molecule has 2 aromatic carbocycles. The Morgan fingerprint density at radius 2 is 1.61 bits per heavy atom. The number of allylic oxidation sites excluding steroid dienone is 1. The Hall–Kier alpha value is -1.47. The lowest BCUT2D eigenvalue weighted by Crippen LogP contribution is -1.81. The Kier molecular flexibility index (Phi) is 4.27. The molecule has 0 spiro atoms. The van der Waals surface area contributed by atoms with Crippen LogP contribution in [-0.2, 0) is 0 Å². The van der Waals surface area contributed by atoms with E-state index in [1.165, 1.54) is 26.5 Å². The molecular weight excluding hydrogens is 236 g/mol. The van der Waals surface area contributed by atoms with E-state index >= 15 is 0 Å². The third-order valence-electron chi connectivity index (χ3n) is 2.61. The minimum Gasteiger partial charge on any atom is -0.0895 e. The highest BCUT2D eigenvalue weighted by molar-refractivity contribution is 7.99. The molecule has 0 aliphatic carbocycles. The smallest absolute Gasteiger partial charge is 0.0194 e. The van der Waals surface area contributed by atoms with Gasteiger partial charge in [0.25, 0.3) is 0 Å². The average molecular weight is 254 g/mol. The Bertz CT molecular complexity index is 546. The molecule has 0 heterocycles. The summed E-state index contributed by atoms with van der Waals surface area (Å²) in [6, 6.07) is 17.2. The zero-order valence-corrected chi connectivity index (χ0v) is 11.9. The number of aryl methyl sites for hydroxylation is 1. The second-order valence-corrected chi connectivity index (χ2v) is 5.79.